The van der Waals surface area contributed by atoms with Gasteiger partial charge < -0.3 is 15.5 Å². The highest BCUT2D eigenvalue weighted by Crippen LogP contribution is 2.28. The van der Waals surface area contributed by atoms with Crippen molar-refractivity contribution in [1.29, 1.82) is 0 Å². The summed E-state index contributed by atoms with van der Waals surface area (Å²) in [4.78, 5) is 8.65. The third-order valence-electron chi connectivity index (χ3n) is 2.58. The molecular formula is C13H17ClN4O. The van der Waals surface area contributed by atoms with E-state index in [9.17, 15) is 0 Å². The first-order valence-corrected chi connectivity index (χ1v) is 6.35. The number of nitrogens with two attached hydrogens (primary N) is 1. The molecule has 0 amide bonds. The fraction of sp³-hybridized carbons (Fsp3) is 0.385. The van der Waals surface area contributed by atoms with Gasteiger partial charge in [-0.1, -0.05) is 32.4 Å². The molecule has 0 fully saturated rings. The van der Waals surface area contributed by atoms with Gasteiger partial charge in [0.25, 0.3) is 0 Å². The van der Waals surface area contributed by atoms with Crippen LogP contribution >= 0.6 is 11.6 Å². The van der Waals surface area contributed by atoms with Gasteiger partial charge in [0, 0.05) is 5.41 Å². The van der Waals surface area contributed by atoms with Gasteiger partial charge in [-0.2, -0.15) is 0 Å². The van der Waals surface area contributed by atoms with E-state index in [-0.39, 0.29) is 10.6 Å². The van der Waals surface area contributed by atoms with Crippen molar-refractivity contribution >= 4 is 23.1 Å². The van der Waals surface area contributed by atoms with Crippen molar-refractivity contribution in [2.75, 3.05) is 11.1 Å². The summed E-state index contributed by atoms with van der Waals surface area (Å²) in [6.45, 7) is 6.55. The molecule has 2 aromatic rings. The summed E-state index contributed by atoms with van der Waals surface area (Å²) < 4.78 is 5.24. The molecule has 0 radical (unpaired) electrons. The van der Waals surface area contributed by atoms with Crippen LogP contribution in [-0.2, 0) is 12.0 Å². The van der Waals surface area contributed by atoms with Crippen LogP contribution in [0.4, 0.5) is 11.5 Å². The van der Waals surface area contributed by atoms with Gasteiger partial charge >= 0.3 is 0 Å². The molecule has 0 saturated heterocycles. The second kappa shape index (κ2) is 5.09. The molecule has 5 nitrogen and oxygen atoms in total. The Labute approximate surface area is 117 Å². The zero-order chi connectivity index (χ0) is 14.0. The summed E-state index contributed by atoms with van der Waals surface area (Å²) in [7, 11) is 0. The molecule has 0 saturated carbocycles. The van der Waals surface area contributed by atoms with Crippen LogP contribution in [0.3, 0.4) is 0 Å². The summed E-state index contributed by atoms with van der Waals surface area (Å²) in [5.41, 5.74) is 6.04. The number of rotatable bonds is 3. The summed E-state index contributed by atoms with van der Waals surface area (Å²) in [5, 5.41) is 3.38. The normalized spacial score (nSPS) is 11.6. The molecule has 102 valence electrons. The van der Waals surface area contributed by atoms with Crippen LogP contribution in [0, 0.1) is 0 Å². The Bertz CT molecular complexity index is 561. The number of anilines is 2. The van der Waals surface area contributed by atoms with Crippen molar-refractivity contribution in [2.45, 2.75) is 32.7 Å². The van der Waals surface area contributed by atoms with Crippen molar-refractivity contribution in [3.05, 3.63) is 35.1 Å². The average molecular weight is 281 g/mol. The first-order chi connectivity index (χ1) is 8.88. The lowest BCUT2D eigenvalue weighted by Crippen LogP contribution is -2.18. The molecule has 2 rings (SSSR count). The first kappa shape index (κ1) is 13.7. The van der Waals surface area contributed by atoms with Crippen molar-refractivity contribution in [1.82, 2.24) is 9.97 Å². The Morgan fingerprint density at radius 3 is 2.68 bits per heavy atom. The van der Waals surface area contributed by atoms with Crippen LogP contribution in [0.1, 0.15) is 32.4 Å². The molecule has 0 spiro atoms. The molecule has 0 unspecified atom stereocenters. The van der Waals surface area contributed by atoms with Crippen LogP contribution in [0.25, 0.3) is 0 Å². The van der Waals surface area contributed by atoms with E-state index in [0.29, 0.717) is 23.9 Å². The predicted molar refractivity (Wildman–Crippen MR) is 76.2 cm³/mol. The largest absolute Gasteiger partial charge is 0.467 e. The molecule has 6 heteroatoms. The van der Waals surface area contributed by atoms with E-state index in [1.54, 1.807) is 6.26 Å². The third kappa shape index (κ3) is 3.17. The third-order valence-corrected chi connectivity index (χ3v) is 2.87. The maximum Gasteiger partial charge on any atom is 0.157 e. The zero-order valence-corrected chi connectivity index (χ0v) is 12.0. The maximum absolute atomic E-state index is 6.05. The predicted octanol–water partition coefficient (Wildman–Crippen LogP) is 3.21. The van der Waals surface area contributed by atoms with Crippen molar-refractivity contribution < 1.29 is 4.42 Å². The minimum absolute atomic E-state index is 0.196. The van der Waals surface area contributed by atoms with E-state index in [4.69, 9.17) is 21.8 Å². The van der Waals surface area contributed by atoms with Crippen LogP contribution in [0.5, 0.6) is 0 Å². The Kier molecular flexibility index (Phi) is 3.66. The molecule has 0 bridgehead atoms. The highest BCUT2D eigenvalue weighted by Gasteiger charge is 2.21. The van der Waals surface area contributed by atoms with E-state index in [0.717, 1.165) is 5.76 Å². The fourth-order valence-electron chi connectivity index (χ4n) is 1.50. The van der Waals surface area contributed by atoms with Crippen LogP contribution in [0.2, 0.25) is 5.15 Å². The Hall–Kier alpha value is -1.75. The van der Waals surface area contributed by atoms with Crippen molar-refractivity contribution in [2.24, 2.45) is 0 Å². The minimum Gasteiger partial charge on any atom is -0.467 e. The molecule has 2 heterocycles. The van der Waals surface area contributed by atoms with E-state index in [1.165, 1.54) is 0 Å². The number of hydrogen-bond acceptors (Lipinski definition) is 5. The van der Waals surface area contributed by atoms with E-state index >= 15 is 0 Å². The van der Waals surface area contributed by atoms with Gasteiger partial charge in [-0.3, -0.25) is 0 Å². The number of nitrogens with zero attached hydrogens (tertiary/aromatic N) is 2. The Morgan fingerprint density at radius 2 is 2.11 bits per heavy atom. The molecule has 2 aromatic heterocycles. The quantitative estimate of drug-likeness (QED) is 0.844. The van der Waals surface area contributed by atoms with Crippen molar-refractivity contribution in [3.8, 4) is 0 Å². The molecule has 0 aromatic carbocycles. The van der Waals surface area contributed by atoms with Gasteiger partial charge in [-0.15, -0.1) is 0 Å². The van der Waals surface area contributed by atoms with Crippen LogP contribution < -0.4 is 11.1 Å². The van der Waals surface area contributed by atoms with Crippen LogP contribution in [0.15, 0.2) is 22.8 Å². The monoisotopic (exact) mass is 280 g/mol. The molecule has 19 heavy (non-hydrogen) atoms. The lowest BCUT2D eigenvalue weighted by atomic mass is 9.96. The molecule has 0 aliphatic rings. The van der Waals surface area contributed by atoms with Crippen LogP contribution in [-0.4, -0.2) is 9.97 Å². The molecule has 0 atom stereocenters. The first-order valence-electron chi connectivity index (χ1n) is 5.97. The van der Waals surface area contributed by atoms with Gasteiger partial charge in [-0.05, 0) is 12.1 Å². The fourth-order valence-corrected chi connectivity index (χ4v) is 1.67. The number of halogens is 1. The van der Waals surface area contributed by atoms with Gasteiger partial charge in [0.2, 0.25) is 0 Å². The zero-order valence-electron chi connectivity index (χ0n) is 11.2. The minimum atomic E-state index is -0.196. The molecule has 3 N–H and O–H groups in total. The number of nitrogen functional groups attached to an aromatic ring is 1. The molecular weight excluding hydrogens is 264 g/mol. The Balaban J connectivity index is 2.26. The summed E-state index contributed by atoms with van der Waals surface area (Å²) in [6, 6.07) is 3.70. The molecule has 0 aliphatic carbocycles. The highest BCUT2D eigenvalue weighted by molar-refractivity contribution is 6.32. The molecule has 0 aliphatic heterocycles. The number of hydrogen-bond donors (Lipinski definition) is 2. The maximum atomic E-state index is 6.05. The topological polar surface area (TPSA) is 77.0 Å². The highest BCUT2D eigenvalue weighted by atomic mass is 35.5. The summed E-state index contributed by atoms with van der Waals surface area (Å²) in [6.07, 6.45) is 1.62. The smallest absolute Gasteiger partial charge is 0.157 e. The Morgan fingerprint density at radius 1 is 1.37 bits per heavy atom. The van der Waals surface area contributed by atoms with Crippen molar-refractivity contribution in [3.63, 3.8) is 0 Å². The SMILES string of the molecule is CC(C)(C)c1nc(Cl)c(N)c(NCc2ccco2)n1. The van der Waals surface area contributed by atoms with Gasteiger partial charge in [0.1, 0.15) is 17.3 Å². The average Bonchev–Trinajstić information content (AvgIpc) is 2.82. The summed E-state index contributed by atoms with van der Waals surface area (Å²) >= 11 is 6.05. The van der Waals surface area contributed by atoms with Gasteiger partial charge in [-0.25, -0.2) is 9.97 Å². The standard InChI is InChI=1S/C13H17ClN4O/c1-13(2,3)12-17-10(14)9(15)11(18-12)16-7-8-5-4-6-19-8/h4-6H,7,15H2,1-3H3,(H,16,17,18). The number of nitrogens with one attached hydrogen (secondary N) is 1. The second-order valence-electron chi connectivity index (χ2n) is 5.28. The van der Waals surface area contributed by atoms with E-state index < -0.39 is 0 Å². The van der Waals surface area contributed by atoms with E-state index in [2.05, 4.69) is 15.3 Å². The van der Waals surface area contributed by atoms with Gasteiger partial charge in [0.05, 0.1) is 12.8 Å². The number of furan rings is 1. The number of aromatic nitrogens is 2. The summed E-state index contributed by atoms with van der Waals surface area (Å²) in [5.74, 6) is 1.97. The van der Waals surface area contributed by atoms with E-state index in [1.807, 2.05) is 32.9 Å². The lowest BCUT2D eigenvalue weighted by molar-refractivity contribution is 0.517. The lowest BCUT2D eigenvalue weighted by Gasteiger charge is -2.19. The second-order valence-corrected chi connectivity index (χ2v) is 5.64. The van der Waals surface area contributed by atoms with Gasteiger partial charge in [0.15, 0.2) is 11.0 Å².